The molecule has 1 aromatic heterocycles. The topological polar surface area (TPSA) is 40.5 Å². The van der Waals surface area contributed by atoms with Gasteiger partial charge in [-0.1, -0.05) is 29.3 Å². The Balaban J connectivity index is 1.72. The van der Waals surface area contributed by atoms with Gasteiger partial charge in [-0.25, -0.2) is 0 Å². The number of Topliss-reactive ketones (excluding diaryl/α,β-unsaturated/α-hetero) is 1. The van der Waals surface area contributed by atoms with Gasteiger partial charge in [-0.2, -0.15) is 0 Å². The minimum atomic E-state index is -0.103. The first-order valence-corrected chi connectivity index (χ1v) is 9.11. The van der Waals surface area contributed by atoms with E-state index < -0.39 is 0 Å². The van der Waals surface area contributed by atoms with Crippen LogP contribution in [0.1, 0.15) is 34.6 Å². The highest BCUT2D eigenvalue weighted by Crippen LogP contribution is 2.32. The molecule has 0 amide bonds. The van der Waals surface area contributed by atoms with Gasteiger partial charge >= 0.3 is 0 Å². The smallest absolute Gasteiger partial charge is 0.202 e. The molecule has 1 aliphatic rings. The van der Waals surface area contributed by atoms with E-state index >= 15 is 0 Å². The number of carbonyl (C=O) groups excluding carboxylic acids is 1. The van der Waals surface area contributed by atoms with Gasteiger partial charge in [0, 0.05) is 30.1 Å². The number of hydrogen-bond donors (Lipinski definition) is 0. The van der Waals surface area contributed by atoms with Crippen LogP contribution in [0.25, 0.3) is 0 Å². The molecule has 1 atom stereocenters. The lowest BCUT2D eigenvalue weighted by molar-refractivity contribution is 0.0914. The Morgan fingerprint density at radius 2 is 2.04 bits per heavy atom. The third kappa shape index (κ3) is 4.02. The third-order valence-electron chi connectivity index (χ3n) is 4.55. The Hall–Kier alpha value is -1.49. The first kappa shape index (κ1) is 18.3. The van der Waals surface area contributed by atoms with E-state index in [1.807, 2.05) is 19.9 Å². The van der Waals surface area contributed by atoms with Gasteiger partial charge < -0.3 is 14.0 Å². The van der Waals surface area contributed by atoms with Crippen molar-refractivity contribution < 1.29 is 14.3 Å². The molecular weight excluding hydrogens is 361 g/mol. The third-order valence-corrected chi connectivity index (χ3v) is 5.15. The summed E-state index contributed by atoms with van der Waals surface area (Å²) in [7, 11) is 0. The molecule has 134 valence electrons. The summed E-state index contributed by atoms with van der Waals surface area (Å²) in [5.74, 6) is 0.245. The van der Waals surface area contributed by atoms with Crippen molar-refractivity contribution >= 4 is 29.0 Å². The summed E-state index contributed by atoms with van der Waals surface area (Å²) < 4.78 is 13.4. The zero-order chi connectivity index (χ0) is 18.0. The number of nitrogens with zero attached hydrogens (tertiary/aromatic N) is 1. The van der Waals surface area contributed by atoms with Crippen LogP contribution in [0.3, 0.4) is 0 Å². The number of aromatic nitrogens is 1. The largest absolute Gasteiger partial charge is 0.482 e. The number of halogens is 2. The van der Waals surface area contributed by atoms with Crippen molar-refractivity contribution in [1.29, 1.82) is 0 Å². The number of ether oxygens (including phenoxy) is 2. The van der Waals surface area contributed by atoms with Crippen molar-refractivity contribution in [1.82, 2.24) is 4.57 Å². The standard InChI is InChI=1S/C19H21Cl2NO3/c1-12-9-15(13(2)22(12)10-14-5-4-8-24-14)18(23)11-25-19-16(20)6-3-7-17(19)21/h3,6-7,9,14H,4-5,8,10-11H2,1-2H3/t14-/m1/s1. The number of carbonyl (C=O) groups is 1. The molecule has 2 heterocycles. The van der Waals surface area contributed by atoms with Gasteiger partial charge in [0.05, 0.1) is 16.1 Å². The van der Waals surface area contributed by atoms with Crippen LogP contribution in [0.4, 0.5) is 0 Å². The Labute approximate surface area is 157 Å². The molecule has 0 spiro atoms. The summed E-state index contributed by atoms with van der Waals surface area (Å²) >= 11 is 12.2. The lowest BCUT2D eigenvalue weighted by Crippen LogP contribution is -2.18. The Kier molecular flexibility index (Phi) is 5.72. The second-order valence-corrected chi connectivity index (χ2v) is 7.11. The van der Waals surface area contributed by atoms with Gasteiger partial charge in [0.1, 0.15) is 0 Å². The quantitative estimate of drug-likeness (QED) is 0.671. The van der Waals surface area contributed by atoms with E-state index in [9.17, 15) is 4.79 Å². The number of ketones is 1. The number of aryl methyl sites for hydroxylation is 1. The van der Waals surface area contributed by atoms with Crippen molar-refractivity contribution in [2.45, 2.75) is 39.3 Å². The predicted octanol–water partition coefficient (Wildman–Crippen LogP) is 4.85. The number of benzene rings is 1. The SMILES string of the molecule is Cc1cc(C(=O)COc2c(Cl)cccc2Cl)c(C)n1C[C@H]1CCCO1. The van der Waals surface area contributed by atoms with Crippen LogP contribution in [0.5, 0.6) is 5.75 Å². The summed E-state index contributed by atoms with van der Waals surface area (Å²) in [5, 5.41) is 0.785. The maximum absolute atomic E-state index is 12.6. The minimum absolute atomic E-state index is 0.0947. The molecule has 1 aliphatic heterocycles. The van der Waals surface area contributed by atoms with Crippen LogP contribution >= 0.6 is 23.2 Å². The molecule has 0 aliphatic carbocycles. The van der Waals surface area contributed by atoms with Crippen molar-refractivity contribution in [2.24, 2.45) is 0 Å². The second kappa shape index (κ2) is 7.81. The fourth-order valence-electron chi connectivity index (χ4n) is 3.19. The zero-order valence-corrected chi connectivity index (χ0v) is 15.9. The average molecular weight is 382 g/mol. The molecule has 0 unspecified atom stereocenters. The van der Waals surface area contributed by atoms with Gasteiger partial charge in [-0.05, 0) is 44.9 Å². The molecule has 1 fully saturated rings. The molecule has 0 saturated carbocycles. The highest BCUT2D eigenvalue weighted by Gasteiger charge is 2.21. The van der Waals surface area contributed by atoms with Gasteiger partial charge in [-0.3, -0.25) is 4.79 Å². The van der Waals surface area contributed by atoms with Crippen molar-refractivity contribution in [2.75, 3.05) is 13.2 Å². The lowest BCUT2D eigenvalue weighted by atomic mass is 10.1. The molecule has 0 radical (unpaired) electrons. The molecule has 2 aromatic rings. The van der Waals surface area contributed by atoms with Gasteiger partial charge in [-0.15, -0.1) is 0 Å². The normalized spacial score (nSPS) is 17.0. The van der Waals surface area contributed by atoms with Crippen LogP contribution in [0.15, 0.2) is 24.3 Å². The van der Waals surface area contributed by atoms with E-state index in [0.29, 0.717) is 21.4 Å². The maximum Gasteiger partial charge on any atom is 0.202 e. The summed E-state index contributed by atoms with van der Waals surface area (Å²) in [6, 6.07) is 7.00. The Morgan fingerprint density at radius 3 is 2.68 bits per heavy atom. The van der Waals surface area contributed by atoms with Gasteiger partial charge in [0.2, 0.25) is 5.78 Å². The fraction of sp³-hybridized carbons (Fsp3) is 0.421. The first-order chi connectivity index (χ1) is 12.0. The monoisotopic (exact) mass is 381 g/mol. The minimum Gasteiger partial charge on any atom is -0.482 e. The lowest BCUT2D eigenvalue weighted by Gasteiger charge is -2.15. The molecule has 3 rings (SSSR count). The summed E-state index contributed by atoms with van der Waals surface area (Å²) in [6.45, 7) is 5.46. The molecule has 0 N–H and O–H groups in total. The molecule has 1 aromatic carbocycles. The fourth-order valence-corrected chi connectivity index (χ4v) is 3.70. The molecule has 25 heavy (non-hydrogen) atoms. The molecule has 4 nitrogen and oxygen atoms in total. The van der Waals surface area contributed by atoms with E-state index in [2.05, 4.69) is 4.57 Å². The van der Waals surface area contributed by atoms with Crippen LogP contribution in [0, 0.1) is 13.8 Å². The van der Waals surface area contributed by atoms with Crippen molar-refractivity contribution in [3.63, 3.8) is 0 Å². The van der Waals surface area contributed by atoms with E-state index in [4.69, 9.17) is 32.7 Å². The van der Waals surface area contributed by atoms with Crippen LogP contribution in [-0.4, -0.2) is 29.7 Å². The van der Waals surface area contributed by atoms with Crippen molar-refractivity contribution in [3.05, 3.63) is 51.3 Å². The molecule has 6 heteroatoms. The Bertz CT molecular complexity index is 759. The first-order valence-electron chi connectivity index (χ1n) is 8.35. The summed E-state index contributed by atoms with van der Waals surface area (Å²) in [4.78, 5) is 12.6. The summed E-state index contributed by atoms with van der Waals surface area (Å²) in [6.07, 6.45) is 2.39. The molecular formula is C19H21Cl2NO3. The number of hydrogen-bond acceptors (Lipinski definition) is 3. The van der Waals surface area contributed by atoms with E-state index in [0.717, 1.165) is 37.4 Å². The van der Waals surface area contributed by atoms with E-state index in [1.165, 1.54) is 0 Å². The van der Waals surface area contributed by atoms with Crippen molar-refractivity contribution in [3.8, 4) is 5.75 Å². The number of rotatable bonds is 6. The van der Waals surface area contributed by atoms with Crippen LogP contribution < -0.4 is 4.74 Å². The predicted molar refractivity (Wildman–Crippen MR) is 99.2 cm³/mol. The van der Waals surface area contributed by atoms with Gasteiger partial charge in [0.25, 0.3) is 0 Å². The second-order valence-electron chi connectivity index (χ2n) is 6.29. The maximum atomic E-state index is 12.6. The highest BCUT2D eigenvalue weighted by molar-refractivity contribution is 6.37. The van der Waals surface area contributed by atoms with E-state index in [1.54, 1.807) is 18.2 Å². The highest BCUT2D eigenvalue weighted by atomic mass is 35.5. The molecule has 1 saturated heterocycles. The number of para-hydroxylation sites is 1. The summed E-state index contributed by atoms with van der Waals surface area (Å²) in [5.41, 5.74) is 2.65. The molecule has 0 bridgehead atoms. The van der Waals surface area contributed by atoms with E-state index in [-0.39, 0.29) is 18.5 Å². The van der Waals surface area contributed by atoms with Crippen LogP contribution in [0.2, 0.25) is 10.0 Å². The average Bonchev–Trinajstić information content (AvgIpc) is 3.18. The van der Waals surface area contributed by atoms with Crippen LogP contribution in [-0.2, 0) is 11.3 Å². The van der Waals surface area contributed by atoms with Gasteiger partial charge in [0.15, 0.2) is 12.4 Å². The zero-order valence-electron chi connectivity index (χ0n) is 14.4. The Morgan fingerprint density at radius 1 is 1.32 bits per heavy atom.